The number of Topliss-reactive ketones (excluding diaryl/α,β-unsaturated/α-hetero) is 1. The molecule has 1 heterocycles. The highest BCUT2D eigenvalue weighted by atomic mass is 32.1. The minimum atomic E-state index is -0.958. The third-order valence-electron chi connectivity index (χ3n) is 3.93. The van der Waals surface area contributed by atoms with Crippen LogP contribution in [-0.2, 0) is 14.3 Å². The Bertz CT molecular complexity index is 825. The standard InChI is InChI=1S/C20H23NO5S/c1-12-11-17(14(3)27-12)18(22)9-10-19(23)26-13(2)20(24)21-15-5-7-16(25-4)8-6-15/h5-8,11,13H,9-10H2,1-4H3,(H,21,24)/t13-/m0/s1. The molecule has 1 amide bonds. The SMILES string of the molecule is COc1ccc(NC(=O)[C@H](C)OC(=O)CCC(=O)c2cc(C)sc2C)cc1. The van der Waals surface area contributed by atoms with Gasteiger partial charge in [-0.1, -0.05) is 0 Å². The number of ketones is 1. The van der Waals surface area contributed by atoms with Crippen molar-refractivity contribution in [1.82, 2.24) is 0 Å². The van der Waals surface area contributed by atoms with Gasteiger partial charge < -0.3 is 14.8 Å². The number of benzene rings is 1. The summed E-state index contributed by atoms with van der Waals surface area (Å²) in [4.78, 5) is 38.3. The lowest BCUT2D eigenvalue weighted by atomic mass is 10.1. The lowest BCUT2D eigenvalue weighted by molar-refractivity contribution is -0.153. The van der Waals surface area contributed by atoms with Crippen molar-refractivity contribution in [3.8, 4) is 5.75 Å². The molecule has 0 bridgehead atoms. The topological polar surface area (TPSA) is 81.7 Å². The first kappa shape index (κ1) is 20.6. The van der Waals surface area contributed by atoms with Crippen LogP contribution in [0.4, 0.5) is 5.69 Å². The fourth-order valence-electron chi connectivity index (χ4n) is 2.49. The van der Waals surface area contributed by atoms with E-state index < -0.39 is 18.0 Å². The van der Waals surface area contributed by atoms with Crippen LogP contribution in [0.2, 0.25) is 0 Å². The highest BCUT2D eigenvalue weighted by molar-refractivity contribution is 7.12. The van der Waals surface area contributed by atoms with Gasteiger partial charge in [-0.2, -0.15) is 0 Å². The van der Waals surface area contributed by atoms with E-state index in [1.165, 1.54) is 6.92 Å². The Hall–Kier alpha value is -2.67. The molecule has 144 valence electrons. The van der Waals surface area contributed by atoms with Crippen LogP contribution in [0.1, 0.15) is 39.9 Å². The van der Waals surface area contributed by atoms with Crippen molar-refractivity contribution < 1.29 is 23.9 Å². The van der Waals surface area contributed by atoms with E-state index in [4.69, 9.17) is 9.47 Å². The second-order valence-electron chi connectivity index (χ2n) is 6.10. The quantitative estimate of drug-likeness (QED) is 0.547. The summed E-state index contributed by atoms with van der Waals surface area (Å²) in [6.45, 7) is 5.31. The summed E-state index contributed by atoms with van der Waals surface area (Å²) in [5, 5.41) is 2.66. The van der Waals surface area contributed by atoms with E-state index in [0.29, 0.717) is 17.0 Å². The summed E-state index contributed by atoms with van der Waals surface area (Å²) in [5.41, 5.74) is 1.22. The zero-order valence-corrected chi connectivity index (χ0v) is 16.6. The van der Waals surface area contributed by atoms with E-state index in [1.807, 2.05) is 19.9 Å². The first-order chi connectivity index (χ1) is 12.8. The monoisotopic (exact) mass is 389 g/mol. The second kappa shape index (κ2) is 9.32. The van der Waals surface area contributed by atoms with E-state index in [9.17, 15) is 14.4 Å². The minimum absolute atomic E-state index is 0.0582. The molecule has 0 fully saturated rings. The number of hydrogen-bond donors (Lipinski definition) is 1. The molecule has 7 heteroatoms. The van der Waals surface area contributed by atoms with E-state index >= 15 is 0 Å². The van der Waals surface area contributed by atoms with Crippen LogP contribution in [-0.4, -0.2) is 30.9 Å². The van der Waals surface area contributed by atoms with Crippen LogP contribution in [0.25, 0.3) is 0 Å². The van der Waals surface area contributed by atoms with Crippen molar-refractivity contribution in [3.63, 3.8) is 0 Å². The molecular formula is C20H23NO5S. The number of nitrogens with one attached hydrogen (secondary N) is 1. The summed E-state index contributed by atoms with van der Waals surface area (Å²) in [6.07, 6.45) is -0.962. The fourth-order valence-corrected chi connectivity index (χ4v) is 3.43. The Morgan fingerprint density at radius 2 is 1.78 bits per heavy atom. The number of amides is 1. The van der Waals surface area contributed by atoms with Gasteiger partial charge in [0.05, 0.1) is 13.5 Å². The average molecular weight is 389 g/mol. The maximum atomic E-state index is 12.2. The van der Waals surface area contributed by atoms with Crippen molar-refractivity contribution in [2.24, 2.45) is 0 Å². The van der Waals surface area contributed by atoms with Gasteiger partial charge in [0.1, 0.15) is 5.75 Å². The first-order valence-electron chi connectivity index (χ1n) is 8.54. The zero-order chi connectivity index (χ0) is 20.0. The summed E-state index contributed by atoms with van der Waals surface area (Å²) in [5.74, 6) is -0.438. The molecule has 0 spiro atoms. The number of carbonyl (C=O) groups is 3. The Morgan fingerprint density at radius 1 is 1.11 bits per heavy atom. The maximum Gasteiger partial charge on any atom is 0.307 e. The molecule has 6 nitrogen and oxygen atoms in total. The average Bonchev–Trinajstić information content (AvgIpc) is 2.98. The molecular weight excluding hydrogens is 366 g/mol. The van der Waals surface area contributed by atoms with Crippen molar-refractivity contribution in [2.75, 3.05) is 12.4 Å². The summed E-state index contributed by atoms with van der Waals surface area (Å²) in [7, 11) is 1.56. The van der Waals surface area contributed by atoms with Gasteiger partial charge in [0, 0.05) is 27.4 Å². The van der Waals surface area contributed by atoms with Gasteiger partial charge in [0.2, 0.25) is 0 Å². The molecule has 2 rings (SSSR count). The van der Waals surface area contributed by atoms with Gasteiger partial charge in [-0.3, -0.25) is 14.4 Å². The van der Waals surface area contributed by atoms with Crippen LogP contribution in [0, 0.1) is 13.8 Å². The van der Waals surface area contributed by atoms with Crippen LogP contribution >= 0.6 is 11.3 Å². The zero-order valence-electron chi connectivity index (χ0n) is 15.8. The lowest BCUT2D eigenvalue weighted by Gasteiger charge is -2.13. The Morgan fingerprint density at radius 3 is 2.33 bits per heavy atom. The van der Waals surface area contributed by atoms with Crippen molar-refractivity contribution in [3.05, 3.63) is 45.6 Å². The molecule has 0 radical (unpaired) electrons. The fraction of sp³-hybridized carbons (Fsp3) is 0.350. The predicted molar refractivity (Wildman–Crippen MR) is 105 cm³/mol. The second-order valence-corrected chi connectivity index (χ2v) is 7.56. The van der Waals surface area contributed by atoms with Crippen LogP contribution in [0.3, 0.4) is 0 Å². The van der Waals surface area contributed by atoms with Crippen molar-refractivity contribution in [2.45, 2.75) is 39.7 Å². The number of thiophene rings is 1. The maximum absolute atomic E-state index is 12.2. The van der Waals surface area contributed by atoms with Gasteiger partial charge in [0.15, 0.2) is 11.9 Å². The van der Waals surface area contributed by atoms with Crippen LogP contribution < -0.4 is 10.1 Å². The van der Waals surface area contributed by atoms with Gasteiger partial charge in [-0.05, 0) is 51.1 Å². The first-order valence-corrected chi connectivity index (χ1v) is 9.36. The third-order valence-corrected chi connectivity index (χ3v) is 4.90. The molecule has 0 aliphatic rings. The highest BCUT2D eigenvalue weighted by Gasteiger charge is 2.20. The van der Waals surface area contributed by atoms with Crippen LogP contribution in [0.5, 0.6) is 5.75 Å². The Balaban J connectivity index is 1.80. The Labute approximate surface area is 162 Å². The Kier molecular flexibility index (Phi) is 7.12. The smallest absolute Gasteiger partial charge is 0.307 e. The minimum Gasteiger partial charge on any atom is -0.497 e. The van der Waals surface area contributed by atoms with Gasteiger partial charge in [-0.25, -0.2) is 0 Å². The van der Waals surface area contributed by atoms with Crippen LogP contribution in [0.15, 0.2) is 30.3 Å². The molecule has 2 aromatic rings. The molecule has 0 saturated heterocycles. The number of ether oxygens (including phenoxy) is 2. The number of rotatable bonds is 8. The molecule has 0 aliphatic heterocycles. The molecule has 1 atom stereocenters. The summed E-state index contributed by atoms with van der Waals surface area (Å²) in [6, 6.07) is 8.64. The molecule has 27 heavy (non-hydrogen) atoms. The van der Waals surface area contributed by atoms with E-state index in [-0.39, 0.29) is 18.6 Å². The molecule has 1 aromatic heterocycles. The third kappa shape index (κ3) is 5.92. The number of methoxy groups -OCH3 is 1. The molecule has 1 N–H and O–H groups in total. The summed E-state index contributed by atoms with van der Waals surface area (Å²) < 4.78 is 10.2. The molecule has 0 aliphatic carbocycles. The summed E-state index contributed by atoms with van der Waals surface area (Å²) >= 11 is 1.55. The molecule has 0 saturated carbocycles. The van der Waals surface area contributed by atoms with Gasteiger partial charge >= 0.3 is 5.97 Å². The number of hydrogen-bond acceptors (Lipinski definition) is 6. The number of aryl methyl sites for hydroxylation is 2. The normalized spacial score (nSPS) is 11.6. The number of anilines is 1. The van der Waals surface area contributed by atoms with Gasteiger partial charge in [0.25, 0.3) is 5.91 Å². The largest absolute Gasteiger partial charge is 0.497 e. The van der Waals surface area contributed by atoms with Crippen molar-refractivity contribution >= 4 is 34.7 Å². The predicted octanol–water partition coefficient (Wildman–Crippen LogP) is 3.91. The van der Waals surface area contributed by atoms with E-state index in [1.54, 1.807) is 42.7 Å². The van der Waals surface area contributed by atoms with E-state index in [0.717, 1.165) is 9.75 Å². The number of carbonyl (C=O) groups excluding carboxylic acids is 3. The van der Waals surface area contributed by atoms with E-state index in [2.05, 4.69) is 5.32 Å². The van der Waals surface area contributed by atoms with Gasteiger partial charge in [-0.15, -0.1) is 11.3 Å². The molecule has 0 unspecified atom stereocenters. The lowest BCUT2D eigenvalue weighted by Crippen LogP contribution is -2.30. The van der Waals surface area contributed by atoms with Crippen molar-refractivity contribution in [1.29, 1.82) is 0 Å². The highest BCUT2D eigenvalue weighted by Crippen LogP contribution is 2.22. The number of esters is 1. The molecule has 1 aromatic carbocycles.